The van der Waals surface area contributed by atoms with E-state index >= 15 is 0 Å². The Morgan fingerprint density at radius 3 is 2.60 bits per heavy atom. The average Bonchev–Trinajstić information content (AvgIpc) is 2.38. The van der Waals surface area contributed by atoms with Crippen molar-refractivity contribution in [2.45, 2.75) is 17.9 Å². The summed E-state index contributed by atoms with van der Waals surface area (Å²) in [5, 5.41) is 8.08. The third-order valence-corrected chi connectivity index (χ3v) is 3.68. The highest BCUT2D eigenvalue weighted by molar-refractivity contribution is 7.89. The molecule has 0 amide bonds. The third kappa shape index (κ3) is 3.52. The van der Waals surface area contributed by atoms with Crippen LogP contribution in [0.15, 0.2) is 47.4 Å². The number of sulfonamides is 1. The van der Waals surface area contributed by atoms with Crippen LogP contribution >= 0.6 is 0 Å². The molecule has 1 atom stereocenters. The van der Waals surface area contributed by atoms with Crippen molar-refractivity contribution in [1.82, 2.24) is 4.98 Å². The number of anilines is 1. The fourth-order valence-electron chi connectivity index (χ4n) is 1.75. The monoisotopic (exact) mass is 295 g/mol. The second-order valence-corrected chi connectivity index (χ2v) is 5.89. The predicted molar refractivity (Wildman–Crippen MR) is 74.0 cm³/mol. The maximum absolute atomic E-state index is 13.0. The molecule has 2 rings (SSSR count). The Labute approximate surface area is 116 Å². The molecule has 0 bridgehead atoms. The Kier molecular flexibility index (Phi) is 4.01. The molecule has 0 radical (unpaired) electrons. The van der Waals surface area contributed by atoms with Gasteiger partial charge in [-0.1, -0.05) is 18.2 Å². The van der Waals surface area contributed by atoms with Gasteiger partial charge in [0, 0.05) is 6.04 Å². The largest absolute Gasteiger partial charge is 0.363 e. The van der Waals surface area contributed by atoms with Crippen LogP contribution in [0.25, 0.3) is 0 Å². The number of nitrogens with one attached hydrogen (secondary N) is 1. The van der Waals surface area contributed by atoms with E-state index in [1.165, 1.54) is 24.3 Å². The average molecular weight is 295 g/mol. The molecule has 0 aliphatic rings. The van der Waals surface area contributed by atoms with Gasteiger partial charge in [-0.05, 0) is 36.8 Å². The van der Waals surface area contributed by atoms with E-state index in [0.717, 1.165) is 0 Å². The molecular weight excluding hydrogens is 281 g/mol. The number of nitrogens with two attached hydrogens (primary N) is 1. The summed E-state index contributed by atoms with van der Waals surface area (Å²) in [7, 11) is -3.74. The fourth-order valence-corrected chi connectivity index (χ4v) is 2.32. The lowest BCUT2D eigenvalue weighted by molar-refractivity contribution is 0.584. The predicted octanol–water partition coefficient (Wildman–Crippen LogP) is 2.04. The molecule has 1 aromatic heterocycles. The van der Waals surface area contributed by atoms with E-state index in [1.807, 2.05) is 6.92 Å². The van der Waals surface area contributed by atoms with Crippen LogP contribution < -0.4 is 10.5 Å². The Morgan fingerprint density at radius 2 is 1.95 bits per heavy atom. The van der Waals surface area contributed by atoms with Crippen molar-refractivity contribution in [2.24, 2.45) is 5.14 Å². The molecule has 0 saturated carbocycles. The highest BCUT2D eigenvalue weighted by Gasteiger charge is 2.12. The Hall–Kier alpha value is -1.99. The molecule has 1 heterocycles. The molecule has 0 aliphatic heterocycles. The van der Waals surface area contributed by atoms with Gasteiger partial charge in [0.15, 0.2) is 0 Å². The molecular formula is C13H14FN3O2S. The van der Waals surface area contributed by atoms with Crippen LogP contribution in [0.3, 0.4) is 0 Å². The van der Waals surface area contributed by atoms with Crippen LogP contribution in [-0.2, 0) is 10.0 Å². The standard InChI is InChI=1S/C13H14FN3O2S/c1-9(16-13-7-3-6-12(14)17-13)10-4-2-5-11(8-10)20(15,18)19/h2-9H,1H3,(H,16,17)(H2,15,18,19)/t9-/m0/s1. The molecule has 1 aromatic carbocycles. The van der Waals surface area contributed by atoms with Gasteiger partial charge in [0.2, 0.25) is 16.0 Å². The molecule has 0 fully saturated rings. The number of nitrogens with zero attached hydrogens (tertiary/aromatic N) is 1. The molecule has 7 heteroatoms. The van der Waals surface area contributed by atoms with Crippen LogP contribution in [0.5, 0.6) is 0 Å². The number of halogens is 1. The minimum Gasteiger partial charge on any atom is -0.363 e. The van der Waals surface area contributed by atoms with Crippen LogP contribution in [0.2, 0.25) is 0 Å². The lowest BCUT2D eigenvalue weighted by Crippen LogP contribution is -2.14. The number of pyridine rings is 1. The Bertz CT molecular complexity index is 719. The van der Waals surface area contributed by atoms with Gasteiger partial charge in [0.1, 0.15) is 5.82 Å². The first-order valence-corrected chi connectivity index (χ1v) is 7.43. The van der Waals surface area contributed by atoms with Gasteiger partial charge in [-0.3, -0.25) is 0 Å². The number of hydrogen-bond acceptors (Lipinski definition) is 4. The number of hydrogen-bond donors (Lipinski definition) is 2. The zero-order valence-corrected chi connectivity index (χ0v) is 11.6. The van der Waals surface area contributed by atoms with Gasteiger partial charge < -0.3 is 5.32 Å². The summed E-state index contributed by atoms with van der Waals surface area (Å²) < 4.78 is 35.6. The van der Waals surface area contributed by atoms with Gasteiger partial charge in [0.05, 0.1) is 4.90 Å². The van der Waals surface area contributed by atoms with E-state index in [0.29, 0.717) is 11.4 Å². The summed E-state index contributed by atoms with van der Waals surface area (Å²) in [5.74, 6) is -0.209. The van der Waals surface area contributed by atoms with E-state index in [2.05, 4.69) is 10.3 Å². The summed E-state index contributed by atoms with van der Waals surface area (Å²) in [6.45, 7) is 1.81. The van der Waals surface area contributed by atoms with Gasteiger partial charge in [-0.25, -0.2) is 18.5 Å². The first-order chi connectivity index (χ1) is 9.36. The summed E-state index contributed by atoms with van der Waals surface area (Å²) in [5.41, 5.74) is 0.711. The molecule has 0 spiro atoms. The molecule has 0 aliphatic carbocycles. The molecule has 106 valence electrons. The van der Waals surface area contributed by atoms with Crippen molar-refractivity contribution >= 4 is 15.8 Å². The maximum atomic E-state index is 13.0. The zero-order chi connectivity index (χ0) is 14.8. The van der Waals surface area contributed by atoms with E-state index in [1.54, 1.807) is 18.2 Å². The molecule has 20 heavy (non-hydrogen) atoms. The SMILES string of the molecule is C[C@H](Nc1cccc(F)n1)c1cccc(S(N)(=O)=O)c1. The van der Waals surface area contributed by atoms with E-state index < -0.39 is 16.0 Å². The summed E-state index contributed by atoms with van der Waals surface area (Å²) in [6.07, 6.45) is 0. The van der Waals surface area contributed by atoms with Gasteiger partial charge in [0.25, 0.3) is 0 Å². The molecule has 0 unspecified atom stereocenters. The van der Waals surface area contributed by atoms with Crippen LogP contribution in [0, 0.1) is 5.95 Å². The lowest BCUT2D eigenvalue weighted by atomic mass is 10.1. The summed E-state index contributed by atoms with van der Waals surface area (Å²) >= 11 is 0. The van der Waals surface area contributed by atoms with Crippen LogP contribution in [-0.4, -0.2) is 13.4 Å². The molecule has 5 nitrogen and oxygen atoms in total. The quantitative estimate of drug-likeness (QED) is 0.845. The van der Waals surface area contributed by atoms with Crippen LogP contribution in [0.1, 0.15) is 18.5 Å². The van der Waals surface area contributed by atoms with Crippen molar-refractivity contribution in [3.8, 4) is 0 Å². The Morgan fingerprint density at radius 1 is 1.25 bits per heavy atom. The highest BCUT2D eigenvalue weighted by Crippen LogP contribution is 2.20. The summed E-state index contributed by atoms with van der Waals surface area (Å²) in [6, 6.07) is 10.4. The minimum atomic E-state index is -3.74. The van der Waals surface area contributed by atoms with E-state index in [9.17, 15) is 12.8 Å². The second-order valence-electron chi connectivity index (χ2n) is 4.33. The molecule has 3 N–H and O–H groups in total. The number of rotatable bonds is 4. The van der Waals surface area contributed by atoms with Gasteiger partial charge in [-0.2, -0.15) is 4.39 Å². The van der Waals surface area contributed by atoms with Crippen molar-refractivity contribution in [3.63, 3.8) is 0 Å². The molecule has 2 aromatic rings. The number of benzene rings is 1. The van der Waals surface area contributed by atoms with Crippen molar-refractivity contribution in [1.29, 1.82) is 0 Å². The first kappa shape index (κ1) is 14.4. The van der Waals surface area contributed by atoms with Gasteiger partial charge in [-0.15, -0.1) is 0 Å². The smallest absolute Gasteiger partial charge is 0.238 e. The molecule has 0 saturated heterocycles. The van der Waals surface area contributed by atoms with Crippen LogP contribution in [0.4, 0.5) is 10.2 Å². The topological polar surface area (TPSA) is 85.1 Å². The van der Waals surface area contributed by atoms with E-state index in [-0.39, 0.29) is 10.9 Å². The maximum Gasteiger partial charge on any atom is 0.238 e. The normalized spacial score (nSPS) is 12.9. The minimum absolute atomic E-state index is 0.0378. The van der Waals surface area contributed by atoms with Crippen molar-refractivity contribution in [3.05, 3.63) is 54.0 Å². The second kappa shape index (κ2) is 5.56. The van der Waals surface area contributed by atoms with Gasteiger partial charge >= 0.3 is 0 Å². The number of primary sulfonamides is 1. The lowest BCUT2D eigenvalue weighted by Gasteiger charge is -2.15. The van der Waals surface area contributed by atoms with Crippen molar-refractivity contribution in [2.75, 3.05) is 5.32 Å². The third-order valence-electron chi connectivity index (χ3n) is 2.77. The highest BCUT2D eigenvalue weighted by atomic mass is 32.2. The first-order valence-electron chi connectivity index (χ1n) is 5.88. The number of aromatic nitrogens is 1. The van der Waals surface area contributed by atoms with Crippen molar-refractivity contribution < 1.29 is 12.8 Å². The zero-order valence-electron chi connectivity index (χ0n) is 10.7. The fraction of sp³-hybridized carbons (Fsp3) is 0.154. The van der Waals surface area contributed by atoms with E-state index in [4.69, 9.17) is 5.14 Å². The summed E-state index contributed by atoms with van der Waals surface area (Å²) in [4.78, 5) is 3.73. The Balaban J connectivity index is 2.23.